The molecule has 0 spiro atoms. The van der Waals surface area contributed by atoms with E-state index in [4.69, 9.17) is 23.7 Å². The summed E-state index contributed by atoms with van der Waals surface area (Å²) in [5.74, 6) is 0.380. The molecule has 0 saturated carbocycles. The summed E-state index contributed by atoms with van der Waals surface area (Å²) in [6, 6.07) is 10.7. The minimum absolute atomic E-state index is 0.0217. The Morgan fingerprint density at radius 1 is 1.00 bits per heavy atom. The van der Waals surface area contributed by atoms with E-state index in [9.17, 15) is 40.5 Å². The van der Waals surface area contributed by atoms with Crippen LogP contribution in [-0.4, -0.2) is 110 Å². The molecule has 9 atom stereocenters. The summed E-state index contributed by atoms with van der Waals surface area (Å²) in [5, 5.41) is 70.5. The molecular formula is C26H30O13. The highest BCUT2D eigenvalue weighted by molar-refractivity contribution is 6.00. The maximum Gasteiger partial charge on any atom is 0.229 e. The van der Waals surface area contributed by atoms with E-state index in [1.165, 1.54) is 18.2 Å². The lowest BCUT2D eigenvalue weighted by Gasteiger charge is -2.42. The van der Waals surface area contributed by atoms with E-state index in [-0.39, 0.29) is 29.5 Å². The Hall–Kier alpha value is -2.85. The standard InChI is InChI=1S/C26H30O13/c27-9-19-22(39-25-23(33)26(34,10-28)11-35-25)20(31)21(32)24(38-19)36-14-4-1-12(2-5-14)17-8-16(30)15-6-3-13(29)7-18(15)37-17/h1-7,17,19-25,27-29,31-34H,8-11H2. The van der Waals surface area contributed by atoms with E-state index in [0.29, 0.717) is 11.1 Å². The minimum atomic E-state index is -1.96. The number of hydrogen-bond acceptors (Lipinski definition) is 13. The maximum absolute atomic E-state index is 12.5. The van der Waals surface area contributed by atoms with Crippen molar-refractivity contribution in [3.05, 3.63) is 53.6 Å². The van der Waals surface area contributed by atoms with E-state index in [0.717, 1.165) is 0 Å². The third-order valence-corrected chi connectivity index (χ3v) is 7.10. The van der Waals surface area contributed by atoms with E-state index in [1.807, 2.05) is 0 Å². The van der Waals surface area contributed by atoms with Crippen LogP contribution in [0.25, 0.3) is 0 Å². The summed E-state index contributed by atoms with van der Waals surface area (Å²) < 4.78 is 27.9. The molecule has 9 unspecified atom stereocenters. The summed E-state index contributed by atoms with van der Waals surface area (Å²) in [7, 11) is 0. The number of ketones is 1. The number of carbonyl (C=O) groups excluding carboxylic acids is 1. The van der Waals surface area contributed by atoms with Crippen LogP contribution in [0, 0.1) is 0 Å². The van der Waals surface area contributed by atoms with Gasteiger partial charge in [-0.3, -0.25) is 4.79 Å². The summed E-state index contributed by atoms with van der Waals surface area (Å²) >= 11 is 0. The first kappa shape index (κ1) is 27.7. The minimum Gasteiger partial charge on any atom is -0.508 e. The number of Topliss-reactive ketones (excluding diaryl/α,β-unsaturated/α-hetero) is 1. The number of aliphatic hydroxyl groups excluding tert-OH is 5. The molecule has 0 bridgehead atoms. The Balaban J connectivity index is 1.23. The van der Waals surface area contributed by atoms with Crippen molar-refractivity contribution in [2.45, 2.75) is 61.2 Å². The summed E-state index contributed by atoms with van der Waals surface area (Å²) in [6.07, 6.45) is -10.9. The van der Waals surface area contributed by atoms with Crippen molar-refractivity contribution >= 4 is 5.78 Å². The fraction of sp³-hybridized carbons (Fsp3) is 0.500. The molecule has 2 aromatic rings. The third kappa shape index (κ3) is 5.33. The number of rotatable bonds is 7. The second-order valence-electron chi connectivity index (χ2n) is 9.79. The number of aliphatic hydroxyl groups is 6. The van der Waals surface area contributed by atoms with Crippen molar-refractivity contribution in [1.82, 2.24) is 0 Å². The zero-order chi connectivity index (χ0) is 27.9. The van der Waals surface area contributed by atoms with Gasteiger partial charge in [0.15, 0.2) is 12.1 Å². The molecule has 0 radical (unpaired) electrons. The fourth-order valence-electron chi connectivity index (χ4n) is 4.78. The molecule has 2 aromatic carbocycles. The van der Waals surface area contributed by atoms with Crippen LogP contribution in [-0.2, 0) is 14.2 Å². The smallest absolute Gasteiger partial charge is 0.229 e. The van der Waals surface area contributed by atoms with Gasteiger partial charge in [-0.05, 0) is 29.8 Å². The molecule has 0 aromatic heterocycles. The van der Waals surface area contributed by atoms with Crippen molar-refractivity contribution in [3.63, 3.8) is 0 Å². The van der Waals surface area contributed by atoms with E-state index >= 15 is 0 Å². The van der Waals surface area contributed by atoms with Crippen LogP contribution in [0.2, 0.25) is 0 Å². The molecule has 3 aliphatic heterocycles. The van der Waals surface area contributed by atoms with Crippen molar-refractivity contribution in [2.75, 3.05) is 19.8 Å². The number of carbonyl (C=O) groups is 1. The van der Waals surface area contributed by atoms with Crippen molar-refractivity contribution in [2.24, 2.45) is 0 Å². The Kier molecular flexibility index (Phi) is 7.79. The average molecular weight is 551 g/mol. The van der Waals surface area contributed by atoms with Gasteiger partial charge in [0.05, 0.1) is 31.8 Å². The summed E-state index contributed by atoms with van der Waals surface area (Å²) in [5.41, 5.74) is -0.906. The molecule has 5 rings (SSSR count). The molecule has 13 nitrogen and oxygen atoms in total. The van der Waals surface area contributed by atoms with Gasteiger partial charge in [0, 0.05) is 6.07 Å². The lowest BCUT2D eigenvalue weighted by Crippen LogP contribution is -2.62. The monoisotopic (exact) mass is 550 g/mol. The molecule has 0 aliphatic carbocycles. The largest absolute Gasteiger partial charge is 0.508 e. The molecular weight excluding hydrogens is 520 g/mol. The van der Waals surface area contributed by atoms with Gasteiger partial charge in [0.25, 0.3) is 0 Å². The second-order valence-corrected chi connectivity index (χ2v) is 9.79. The lowest BCUT2D eigenvalue weighted by molar-refractivity contribution is -0.313. The molecule has 0 amide bonds. The number of benzene rings is 2. The highest BCUT2D eigenvalue weighted by Crippen LogP contribution is 2.37. The van der Waals surface area contributed by atoms with Crippen LogP contribution in [0.5, 0.6) is 17.2 Å². The summed E-state index contributed by atoms with van der Waals surface area (Å²) in [6.45, 7) is -1.87. The molecule has 3 aliphatic rings. The van der Waals surface area contributed by atoms with Crippen LogP contribution in [0.1, 0.15) is 28.4 Å². The Bertz CT molecular complexity index is 1170. The van der Waals surface area contributed by atoms with Gasteiger partial charge in [0.2, 0.25) is 6.29 Å². The molecule has 13 heteroatoms. The van der Waals surface area contributed by atoms with E-state index in [2.05, 4.69) is 0 Å². The summed E-state index contributed by atoms with van der Waals surface area (Å²) in [4.78, 5) is 12.5. The van der Waals surface area contributed by atoms with Crippen LogP contribution in [0.15, 0.2) is 42.5 Å². The number of phenolic OH excluding ortho intramolecular Hbond substituents is 1. The van der Waals surface area contributed by atoms with Crippen LogP contribution in [0.3, 0.4) is 0 Å². The Morgan fingerprint density at radius 2 is 1.74 bits per heavy atom. The van der Waals surface area contributed by atoms with Crippen LogP contribution >= 0.6 is 0 Å². The predicted octanol–water partition coefficient (Wildman–Crippen LogP) is -1.26. The Labute approximate surface area is 222 Å². The van der Waals surface area contributed by atoms with Crippen LogP contribution in [0.4, 0.5) is 0 Å². The van der Waals surface area contributed by atoms with E-state index < -0.39 is 74.6 Å². The third-order valence-electron chi connectivity index (χ3n) is 7.10. The number of hydrogen-bond donors (Lipinski definition) is 7. The topological polar surface area (TPSA) is 205 Å². The highest BCUT2D eigenvalue weighted by atomic mass is 16.7. The normalized spacial score (nSPS) is 36.3. The molecule has 2 fully saturated rings. The molecule has 39 heavy (non-hydrogen) atoms. The second kappa shape index (κ2) is 11.0. The van der Waals surface area contributed by atoms with Gasteiger partial charge in [-0.15, -0.1) is 0 Å². The van der Waals surface area contributed by atoms with Gasteiger partial charge in [-0.1, -0.05) is 12.1 Å². The quantitative estimate of drug-likeness (QED) is 0.215. The number of aromatic hydroxyl groups is 1. The zero-order valence-corrected chi connectivity index (χ0v) is 20.6. The fourth-order valence-corrected chi connectivity index (χ4v) is 4.78. The SMILES string of the molecule is O=C1CC(c2ccc(OC3OC(CO)C(OC4OCC(O)(CO)C4O)C(O)C3O)cc2)Oc2cc(O)ccc21. The van der Waals surface area contributed by atoms with Crippen molar-refractivity contribution < 1.29 is 64.2 Å². The van der Waals surface area contributed by atoms with Gasteiger partial charge in [-0.2, -0.15) is 0 Å². The first-order valence-corrected chi connectivity index (χ1v) is 12.3. The van der Waals surface area contributed by atoms with Gasteiger partial charge < -0.3 is 59.4 Å². The number of phenols is 1. The maximum atomic E-state index is 12.5. The number of fused-ring (bicyclic) bond motifs is 1. The Morgan fingerprint density at radius 3 is 2.41 bits per heavy atom. The first-order chi connectivity index (χ1) is 18.6. The average Bonchev–Trinajstić information content (AvgIpc) is 3.22. The molecule has 7 N–H and O–H groups in total. The van der Waals surface area contributed by atoms with Gasteiger partial charge in [0.1, 0.15) is 59.5 Å². The lowest BCUT2D eigenvalue weighted by atomic mass is 9.96. The molecule has 212 valence electrons. The predicted molar refractivity (Wildman–Crippen MR) is 128 cm³/mol. The molecule has 2 saturated heterocycles. The highest BCUT2D eigenvalue weighted by Gasteiger charge is 2.53. The first-order valence-electron chi connectivity index (χ1n) is 12.3. The van der Waals surface area contributed by atoms with E-state index in [1.54, 1.807) is 24.3 Å². The van der Waals surface area contributed by atoms with Gasteiger partial charge in [-0.25, -0.2) is 0 Å². The van der Waals surface area contributed by atoms with Crippen molar-refractivity contribution in [1.29, 1.82) is 0 Å². The van der Waals surface area contributed by atoms with Crippen molar-refractivity contribution in [3.8, 4) is 17.2 Å². The zero-order valence-electron chi connectivity index (χ0n) is 20.6. The molecule has 3 heterocycles. The van der Waals surface area contributed by atoms with Crippen LogP contribution < -0.4 is 9.47 Å². The number of ether oxygens (including phenoxy) is 5. The van der Waals surface area contributed by atoms with Gasteiger partial charge >= 0.3 is 0 Å².